The molecule has 1 N–H and O–H groups in total. The molecule has 2 amide bonds. The van der Waals surface area contributed by atoms with Crippen LogP contribution in [0.3, 0.4) is 0 Å². The average Bonchev–Trinajstić information content (AvgIpc) is 3.65. The summed E-state index contributed by atoms with van der Waals surface area (Å²) in [7, 11) is 1.72. The van der Waals surface area contributed by atoms with Crippen LogP contribution in [0.5, 0.6) is 5.75 Å². The Morgan fingerprint density at radius 2 is 1.93 bits per heavy atom. The summed E-state index contributed by atoms with van der Waals surface area (Å²) in [6.07, 6.45) is 4.56. The number of fused-ring (bicyclic) bond motifs is 1. The molecule has 2 aliphatic rings. The fourth-order valence-corrected chi connectivity index (χ4v) is 6.73. The van der Waals surface area contributed by atoms with Crippen molar-refractivity contribution in [2.24, 2.45) is 7.05 Å². The lowest BCUT2D eigenvalue weighted by Gasteiger charge is -2.49. The topological polar surface area (TPSA) is 151 Å². The van der Waals surface area contributed by atoms with E-state index < -0.39 is 17.4 Å². The number of aromatic nitrogens is 5. The second kappa shape index (κ2) is 13.2. The smallest absolute Gasteiger partial charge is 0.355 e. The number of amides is 2. The number of β-lactam (4-membered cyclic amide) rings is 1. The van der Waals surface area contributed by atoms with Crippen molar-refractivity contribution < 1.29 is 28.7 Å². The second-order valence-corrected chi connectivity index (χ2v) is 11.6. The maximum Gasteiger partial charge on any atom is 0.355 e. The summed E-state index contributed by atoms with van der Waals surface area (Å²) in [6, 6.07) is 9.58. The van der Waals surface area contributed by atoms with Gasteiger partial charge in [-0.15, -0.1) is 16.9 Å². The number of rotatable bonds is 12. The first-order valence-electron chi connectivity index (χ1n) is 13.2. The predicted octanol–water partition coefficient (Wildman–Crippen LogP) is 1.91. The van der Waals surface area contributed by atoms with Crippen LogP contribution < -0.4 is 10.1 Å². The number of carbonyl (C=O) groups is 4. The minimum atomic E-state index is -0.749. The summed E-state index contributed by atoms with van der Waals surface area (Å²) in [6.45, 7) is 1.94. The van der Waals surface area contributed by atoms with E-state index in [1.165, 1.54) is 33.1 Å². The molecule has 1 saturated heterocycles. The van der Waals surface area contributed by atoms with Crippen LogP contribution >= 0.6 is 23.5 Å². The van der Waals surface area contributed by atoms with Gasteiger partial charge in [0.15, 0.2) is 0 Å². The summed E-state index contributed by atoms with van der Waals surface area (Å²) in [5.41, 5.74) is 1.57. The lowest BCUT2D eigenvalue weighted by atomic mass is 10.0. The Labute approximate surface area is 250 Å². The number of aryl methyl sites for hydroxylation is 1. The van der Waals surface area contributed by atoms with Crippen LogP contribution in [0.1, 0.15) is 25.3 Å². The molecule has 1 fully saturated rings. The number of esters is 2. The highest BCUT2D eigenvalue weighted by Gasteiger charge is 2.54. The minimum Gasteiger partial charge on any atom is -0.456 e. The summed E-state index contributed by atoms with van der Waals surface area (Å²) < 4.78 is 14.2. The van der Waals surface area contributed by atoms with Gasteiger partial charge in [0.1, 0.15) is 36.0 Å². The van der Waals surface area contributed by atoms with Crippen molar-refractivity contribution in [2.45, 2.75) is 49.5 Å². The van der Waals surface area contributed by atoms with Crippen molar-refractivity contribution in [1.29, 1.82) is 0 Å². The molecule has 0 radical (unpaired) electrons. The van der Waals surface area contributed by atoms with E-state index in [-0.39, 0.29) is 36.6 Å². The van der Waals surface area contributed by atoms with E-state index in [0.717, 1.165) is 0 Å². The van der Waals surface area contributed by atoms with Crippen molar-refractivity contribution in [1.82, 2.24) is 35.0 Å². The first-order valence-corrected chi connectivity index (χ1v) is 15.3. The highest BCUT2D eigenvalue weighted by Crippen LogP contribution is 2.42. The van der Waals surface area contributed by atoms with E-state index in [1.54, 1.807) is 48.3 Å². The molecule has 3 aromatic rings. The maximum atomic E-state index is 13.5. The molecule has 13 nitrogen and oxygen atoms in total. The summed E-state index contributed by atoms with van der Waals surface area (Å²) in [5, 5.41) is 14.4. The van der Waals surface area contributed by atoms with Crippen LogP contribution in [0.25, 0.3) is 0 Å². The average molecular weight is 612 g/mol. The van der Waals surface area contributed by atoms with Crippen LogP contribution in [0.2, 0.25) is 0 Å². The monoisotopic (exact) mass is 611 g/mol. The minimum absolute atomic E-state index is 0.0456. The van der Waals surface area contributed by atoms with E-state index >= 15 is 0 Å². The third kappa shape index (κ3) is 6.68. The molecule has 0 spiro atoms. The van der Waals surface area contributed by atoms with Gasteiger partial charge in [-0.2, -0.15) is 0 Å². The third-order valence-corrected chi connectivity index (χ3v) is 8.92. The van der Waals surface area contributed by atoms with Crippen molar-refractivity contribution in [3.8, 4) is 5.75 Å². The maximum absolute atomic E-state index is 13.5. The Kier molecular flexibility index (Phi) is 9.27. The fourth-order valence-electron chi connectivity index (χ4n) is 4.40. The van der Waals surface area contributed by atoms with Crippen LogP contribution in [0.15, 0.2) is 65.2 Å². The zero-order valence-electron chi connectivity index (χ0n) is 23.0. The largest absolute Gasteiger partial charge is 0.456 e. The standard InChI is InChI=1S/C27H29N7O6S2/c1-3-6-21(36)40-19-9-7-17(8-10-19)14-39-26(38)23-18(16-42-27-29-30-31-32(27)2)15-41-25-22(24(37)34(23)25)28-20(35)13-33-11-4-5-12-33/h4-5,7-12,22,25H,3,6,13-16H2,1-2H3,(H,28,35). The van der Waals surface area contributed by atoms with Crippen LogP contribution in [0, 0.1) is 0 Å². The molecule has 2 unspecified atom stereocenters. The number of ether oxygens (including phenoxy) is 2. The van der Waals surface area contributed by atoms with Crippen LogP contribution in [-0.2, 0) is 44.1 Å². The third-order valence-electron chi connectivity index (χ3n) is 6.49. The number of tetrazole rings is 1. The lowest BCUT2D eigenvalue weighted by Crippen LogP contribution is -2.70. The molecule has 4 heterocycles. The molecular formula is C27H29N7O6S2. The van der Waals surface area contributed by atoms with Crippen LogP contribution in [-0.4, -0.2) is 76.3 Å². The zero-order chi connectivity index (χ0) is 29.6. The van der Waals surface area contributed by atoms with E-state index in [0.29, 0.717) is 46.4 Å². The highest BCUT2D eigenvalue weighted by atomic mass is 32.2. The molecule has 42 heavy (non-hydrogen) atoms. The van der Waals surface area contributed by atoms with Gasteiger partial charge in [0, 0.05) is 37.4 Å². The first kappa shape index (κ1) is 29.4. The van der Waals surface area contributed by atoms with Gasteiger partial charge in [-0.3, -0.25) is 19.3 Å². The van der Waals surface area contributed by atoms with Crippen molar-refractivity contribution in [2.75, 3.05) is 11.5 Å². The van der Waals surface area contributed by atoms with Crippen molar-refractivity contribution in [3.63, 3.8) is 0 Å². The molecule has 2 atom stereocenters. The van der Waals surface area contributed by atoms with Gasteiger partial charge in [-0.1, -0.05) is 30.8 Å². The zero-order valence-corrected chi connectivity index (χ0v) is 24.6. The van der Waals surface area contributed by atoms with Crippen LogP contribution in [0.4, 0.5) is 0 Å². The number of thioether (sulfide) groups is 2. The van der Waals surface area contributed by atoms with E-state index in [1.807, 2.05) is 19.1 Å². The molecule has 15 heteroatoms. The Bertz CT molecular complexity index is 1490. The Morgan fingerprint density at radius 1 is 1.17 bits per heavy atom. The van der Waals surface area contributed by atoms with Gasteiger partial charge >= 0.3 is 11.9 Å². The van der Waals surface area contributed by atoms with Gasteiger partial charge < -0.3 is 19.4 Å². The molecule has 2 aromatic heterocycles. The number of nitrogens with one attached hydrogen (secondary N) is 1. The Hall–Kier alpha value is -4.11. The Morgan fingerprint density at radius 3 is 2.62 bits per heavy atom. The fraction of sp³-hybridized carbons (Fsp3) is 0.370. The molecule has 0 aliphatic carbocycles. The number of carbonyl (C=O) groups excluding carboxylic acids is 4. The predicted molar refractivity (Wildman–Crippen MR) is 153 cm³/mol. The molecule has 0 saturated carbocycles. The van der Waals surface area contributed by atoms with Crippen molar-refractivity contribution in [3.05, 3.63) is 65.6 Å². The number of benzene rings is 1. The molecule has 1 aromatic carbocycles. The highest BCUT2D eigenvalue weighted by molar-refractivity contribution is 8.01. The van der Waals surface area contributed by atoms with E-state index in [4.69, 9.17) is 9.47 Å². The molecule has 0 bridgehead atoms. The molecule has 5 rings (SSSR count). The second-order valence-electron chi connectivity index (χ2n) is 9.58. The summed E-state index contributed by atoms with van der Waals surface area (Å²) >= 11 is 2.82. The normalized spacial score (nSPS) is 17.9. The molecular weight excluding hydrogens is 582 g/mol. The quantitative estimate of drug-likeness (QED) is 0.138. The van der Waals surface area contributed by atoms with Crippen molar-refractivity contribution >= 4 is 47.3 Å². The van der Waals surface area contributed by atoms with E-state index in [9.17, 15) is 19.2 Å². The molecule has 220 valence electrons. The summed E-state index contributed by atoms with van der Waals surface area (Å²) in [5.74, 6) is -0.389. The number of hydrogen-bond donors (Lipinski definition) is 1. The van der Waals surface area contributed by atoms with Gasteiger partial charge in [-0.25, -0.2) is 9.48 Å². The van der Waals surface area contributed by atoms with Gasteiger partial charge in [0.2, 0.25) is 11.1 Å². The van der Waals surface area contributed by atoms with Gasteiger partial charge in [-0.05, 0) is 52.2 Å². The van der Waals surface area contributed by atoms with E-state index in [2.05, 4.69) is 20.8 Å². The lowest BCUT2D eigenvalue weighted by molar-refractivity contribution is -0.153. The van der Waals surface area contributed by atoms with Gasteiger partial charge in [0.05, 0.1) is 0 Å². The molecule has 2 aliphatic heterocycles. The Balaban J connectivity index is 1.28. The number of hydrogen-bond acceptors (Lipinski definition) is 11. The SMILES string of the molecule is CCCC(=O)Oc1ccc(COC(=O)C2=C(CSc3nnnn3C)CSC3C(NC(=O)Cn4cccc4)C(=O)N23)cc1. The first-order chi connectivity index (χ1) is 20.3. The summed E-state index contributed by atoms with van der Waals surface area (Å²) in [4.78, 5) is 52.5. The number of nitrogens with zero attached hydrogens (tertiary/aromatic N) is 6. The van der Waals surface area contributed by atoms with Gasteiger partial charge in [0.25, 0.3) is 5.91 Å².